The number of rotatable bonds is 4. The summed E-state index contributed by atoms with van der Waals surface area (Å²) in [5.41, 5.74) is 0.622. The van der Waals surface area contributed by atoms with E-state index >= 15 is 0 Å². The van der Waals surface area contributed by atoms with Crippen LogP contribution in [-0.2, 0) is 0 Å². The molecule has 2 aromatic rings. The fourth-order valence-electron chi connectivity index (χ4n) is 1.63. The van der Waals surface area contributed by atoms with E-state index < -0.39 is 0 Å². The first kappa shape index (κ1) is 13.3. The van der Waals surface area contributed by atoms with E-state index in [9.17, 15) is 0 Å². The van der Waals surface area contributed by atoms with Gasteiger partial charge in [-0.05, 0) is 30.3 Å². The second kappa shape index (κ2) is 6.17. The van der Waals surface area contributed by atoms with Crippen LogP contribution in [0.25, 0.3) is 0 Å². The Labute approximate surface area is 116 Å². The fourth-order valence-corrected chi connectivity index (χ4v) is 2.66. The van der Waals surface area contributed by atoms with Crippen molar-refractivity contribution in [2.24, 2.45) is 0 Å². The van der Waals surface area contributed by atoms with Gasteiger partial charge in [0, 0.05) is 4.90 Å². The molecule has 0 aliphatic carbocycles. The van der Waals surface area contributed by atoms with Crippen molar-refractivity contribution in [3.05, 3.63) is 48.0 Å². The van der Waals surface area contributed by atoms with Crippen LogP contribution in [0.15, 0.2) is 52.3 Å². The van der Waals surface area contributed by atoms with Gasteiger partial charge in [0.25, 0.3) is 0 Å². The Balaban J connectivity index is 2.39. The van der Waals surface area contributed by atoms with Crippen molar-refractivity contribution in [2.75, 3.05) is 14.2 Å². The van der Waals surface area contributed by atoms with E-state index in [0.717, 1.165) is 21.3 Å². The van der Waals surface area contributed by atoms with Gasteiger partial charge < -0.3 is 9.47 Å². The molecule has 0 aliphatic heterocycles. The molecule has 3 nitrogen and oxygen atoms in total. The molecule has 0 unspecified atom stereocenters. The maximum Gasteiger partial charge on any atom is 0.132 e. The average molecular weight is 271 g/mol. The van der Waals surface area contributed by atoms with Gasteiger partial charge >= 0.3 is 0 Å². The molecule has 4 heteroatoms. The first-order valence-corrected chi connectivity index (χ1v) is 6.49. The number of para-hydroxylation sites is 1. The highest BCUT2D eigenvalue weighted by Gasteiger charge is 2.09. The van der Waals surface area contributed by atoms with Gasteiger partial charge in [-0.25, -0.2) is 0 Å². The standard InChI is InChI=1S/C15H13NO2S/c1-17-12-8-7-11(10-16)15(9-12)19-14-6-4-3-5-13(14)18-2/h3-9H,1-2H3. The van der Waals surface area contributed by atoms with E-state index in [1.54, 1.807) is 26.4 Å². The zero-order chi connectivity index (χ0) is 13.7. The second-order valence-corrected chi connectivity index (χ2v) is 4.81. The number of benzene rings is 2. The number of hydrogen-bond acceptors (Lipinski definition) is 4. The van der Waals surface area contributed by atoms with Gasteiger partial charge in [-0.2, -0.15) is 5.26 Å². The highest BCUT2D eigenvalue weighted by molar-refractivity contribution is 7.99. The van der Waals surface area contributed by atoms with Crippen LogP contribution in [0.3, 0.4) is 0 Å². The first-order chi connectivity index (χ1) is 9.28. The molecule has 0 saturated heterocycles. The van der Waals surface area contributed by atoms with Crippen molar-refractivity contribution >= 4 is 11.8 Å². The van der Waals surface area contributed by atoms with E-state index in [1.165, 1.54) is 11.8 Å². The third kappa shape index (κ3) is 3.01. The van der Waals surface area contributed by atoms with Crippen molar-refractivity contribution in [2.45, 2.75) is 9.79 Å². The molecule has 19 heavy (non-hydrogen) atoms. The molecule has 0 heterocycles. The zero-order valence-corrected chi connectivity index (χ0v) is 11.5. The van der Waals surface area contributed by atoms with E-state index in [4.69, 9.17) is 14.7 Å². The molecule has 2 rings (SSSR count). The molecule has 96 valence electrons. The minimum Gasteiger partial charge on any atom is -0.497 e. The molecule has 0 amide bonds. The zero-order valence-electron chi connectivity index (χ0n) is 10.7. The Morgan fingerprint density at radius 1 is 1.00 bits per heavy atom. The topological polar surface area (TPSA) is 42.2 Å². The molecule has 0 aliphatic rings. The Morgan fingerprint density at radius 2 is 1.79 bits per heavy atom. The second-order valence-electron chi connectivity index (χ2n) is 3.73. The Bertz CT molecular complexity index is 620. The summed E-state index contributed by atoms with van der Waals surface area (Å²) in [6.07, 6.45) is 0. The third-order valence-electron chi connectivity index (χ3n) is 2.60. The van der Waals surface area contributed by atoms with Crippen LogP contribution in [0.2, 0.25) is 0 Å². The van der Waals surface area contributed by atoms with Crippen LogP contribution < -0.4 is 9.47 Å². The van der Waals surface area contributed by atoms with Crippen molar-refractivity contribution in [3.8, 4) is 17.6 Å². The number of nitrogens with zero attached hydrogens (tertiary/aromatic N) is 1. The van der Waals surface area contributed by atoms with E-state index in [-0.39, 0.29) is 0 Å². The van der Waals surface area contributed by atoms with Gasteiger partial charge in [0.1, 0.15) is 17.6 Å². The maximum absolute atomic E-state index is 9.15. The normalized spacial score (nSPS) is 9.74. The summed E-state index contributed by atoms with van der Waals surface area (Å²) in [5, 5.41) is 9.15. The lowest BCUT2D eigenvalue weighted by Gasteiger charge is -2.09. The Hall–Kier alpha value is -2.12. The van der Waals surface area contributed by atoms with Gasteiger partial charge in [-0.1, -0.05) is 23.9 Å². The summed E-state index contributed by atoms with van der Waals surface area (Å²) in [7, 11) is 3.25. The largest absolute Gasteiger partial charge is 0.497 e. The summed E-state index contributed by atoms with van der Waals surface area (Å²) in [4.78, 5) is 1.82. The Kier molecular flexibility index (Phi) is 4.32. The Morgan fingerprint density at radius 3 is 2.47 bits per heavy atom. The van der Waals surface area contributed by atoms with Gasteiger partial charge in [-0.15, -0.1) is 0 Å². The molecular formula is C15H13NO2S. The minimum absolute atomic E-state index is 0.622. The van der Waals surface area contributed by atoms with Crippen molar-refractivity contribution in [1.29, 1.82) is 5.26 Å². The van der Waals surface area contributed by atoms with Gasteiger partial charge in [0.15, 0.2) is 0 Å². The molecular weight excluding hydrogens is 258 g/mol. The van der Waals surface area contributed by atoms with Crippen molar-refractivity contribution < 1.29 is 9.47 Å². The first-order valence-electron chi connectivity index (χ1n) is 5.67. The summed E-state index contributed by atoms with van der Waals surface area (Å²) in [6.45, 7) is 0. The van der Waals surface area contributed by atoms with Crippen LogP contribution >= 0.6 is 11.8 Å². The predicted molar refractivity (Wildman–Crippen MR) is 74.8 cm³/mol. The lowest BCUT2D eigenvalue weighted by Crippen LogP contribution is -1.88. The maximum atomic E-state index is 9.15. The van der Waals surface area contributed by atoms with Crippen LogP contribution in [0.1, 0.15) is 5.56 Å². The number of methoxy groups -OCH3 is 2. The molecule has 0 N–H and O–H groups in total. The molecule has 0 aromatic heterocycles. The number of hydrogen-bond donors (Lipinski definition) is 0. The minimum atomic E-state index is 0.622. The lowest BCUT2D eigenvalue weighted by atomic mass is 10.2. The summed E-state index contributed by atoms with van der Waals surface area (Å²) in [6, 6.07) is 15.3. The van der Waals surface area contributed by atoms with Crippen LogP contribution in [-0.4, -0.2) is 14.2 Å². The fraction of sp³-hybridized carbons (Fsp3) is 0.133. The number of nitriles is 1. The van der Waals surface area contributed by atoms with Gasteiger partial charge in [0.2, 0.25) is 0 Å². The summed E-state index contributed by atoms with van der Waals surface area (Å²) in [5.74, 6) is 1.52. The van der Waals surface area contributed by atoms with Crippen LogP contribution in [0.5, 0.6) is 11.5 Å². The predicted octanol–water partition coefficient (Wildman–Crippen LogP) is 3.73. The van der Waals surface area contributed by atoms with Gasteiger partial charge in [-0.3, -0.25) is 0 Å². The van der Waals surface area contributed by atoms with E-state index in [2.05, 4.69) is 6.07 Å². The van der Waals surface area contributed by atoms with Crippen LogP contribution in [0, 0.1) is 11.3 Å². The SMILES string of the molecule is COc1ccc(C#N)c(Sc2ccccc2OC)c1. The van der Waals surface area contributed by atoms with E-state index in [1.807, 2.05) is 30.3 Å². The van der Waals surface area contributed by atoms with Crippen molar-refractivity contribution in [1.82, 2.24) is 0 Å². The molecule has 0 atom stereocenters. The van der Waals surface area contributed by atoms with Crippen LogP contribution in [0.4, 0.5) is 0 Å². The summed E-state index contributed by atoms with van der Waals surface area (Å²) < 4.78 is 10.5. The molecule has 0 fully saturated rings. The summed E-state index contributed by atoms with van der Waals surface area (Å²) >= 11 is 1.49. The molecule has 0 radical (unpaired) electrons. The average Bonchev–Trinajstić information content (AvgIpc) is 2.47. The molecule has 2 aromatic carbocycles. The monoisotopic (exact) mass is 271 g/mol. The quantitative estimate of drug-likeness (QED) is 0.849. The molecule has 0 spiro atoms. The highest BCUT2D eigenvalue weighted by Crippen LogP contribution is 2.37. The van der Waals surface area contributed by atoms with E-state index in [0.29, 0.717) is 5.56 Å². The van der Waals surface area contributed by atoms with Crippen molar-refractivity contribution in [3.63, 3.8) is 0 Å². The molecule has 0 bridgehead atoms. The third-order valence-corrected chi connectivity index (χ3v) is 3.71. The smallest absolute Gasteiger partial charge is 0.132 e. The highest BCUT2D eigenvalue weighted by atomic mass is 32.2. The van der Waals surface area contributed by atoms with Gasteiger partial charge in [0.05, 0.1) is 24.7 Å². The lowest BCUT2D eigenvalue weighted by molar-refractivity contribution is 0.404. The molecule has 0 saturated carbocycles. The number of ether oxygens (including phenoxy) is 2.